The molecule has 6 heteroatoms. The number of hydrogen-bond donors (Lipinski definition) is 1. The van der Waals surface area contributed by atoms with Crippen molar-refractivity contribution in [3.05, 3.63) is 40.7 Å². The summed E-state index contributed by atoms with van der Waals surface area (Å²) >= 11 is 5.85. The summed E-state index contributed by atoms with van der Waals surface area (Å²) in [5.41, 5.74) is 5.75. The second-order valence-electron chi connectivity index (χ2n) is 3.78. The molecule has 1 aromatic rings. The number of amides is 1. The highest BCUT2D eigenvalue weighted by Gasteiger charge is 2.29. The minimum atomic E-state index is -1.10. The zero-order valence-corrected chi connectivity index (χ0v) is 10.8. The number of carbonyl (C=O) groups excluding carboxylic acids is 1. The summed E-state index contributed by atoms with van der Waals surface area (Å²) in [6.45, 7) is 7.01. The molecule has 0 radical (unpaired) electrons. The van der Waals surface area contributed by atoms with E-state index in [4.69, 9.17) is 23.9 Å². The first kappa shape index (κ1) is 14.0. The number of halogens is 1. The van der Waals surface area contributed by atoms with Gasteiger partial charge in [0.2, 0.25) is 0 Å². The average Bonchev–Trinajstić information content (AvgIpc) is 2.28. The van der Waals surface area contributed by atoms with Crippen molar-refractivity contribution in [3.8, 4) is 0 Å². The molecule has 2 N–H and O–H groups in total. The van der Waals surface area contributed by atoms with Crippen molar-refractivity contribution in [2.75, 3.05) is 14.1 Å². The fourth-order valence-electron chi connectivity index (χ4n) is 1.33. The van der Waals surface area contributed by atoms with Crippen LogP contribution in [0.2, 0.25) is 5.02 Å². The van der Waals surface area contributed by atoms with Gasteiger partial charge < -0.3 is 10.6 Å². The van der Waals surface area contributed by atoms with E-state index in [1.54, 1.807) is 43.3 Å². The van der Waals surface area contributed by atoms with Gasteiger partial charge in [-0.1, -0.05) is 17.7 Å². The smallest absolute Gasteiger partial charge is 0.356 e. The average molecular weight is 265 g/mol. The second-order valence-corrected chi connectivity index (χ2v) is 4.21. The lowest BCUT2D eigenvalue weighted by Crippen LogP contribution is -2.40. The molecule has 0 bridgehead atoms. The standard InChI is InChI=1S/C12H13ClN4O/c1-15-10(11(14)18)12(17(2)3)16-9-6-4-5-8(13)7-9/h4-7,10H,2-3H3,(H2,14,18). The lowest BCUT2D eigenvalue weighted by atomic mass is 10.2. The Morgan fingerprint density at radius 1 is 1.56 bits per heavy atom. The molecule has 0 aliphatic carbocycles. The quantitative estimate of drug-likeness (QED) is 0.513. The number of primary amides is 1. The lowest BCUT2D eigenvalue weighted by Gasteiger charge is -2.15. The fraction of sp³-hybridized carbons (Fsp3) is 0.250. The maximum atomic E-state index is 11.2. The monoisotopic (exact) mass is 264 g/mol. The van der Waals surface area contributed by atoms with Crippen LogP contribution < -0.4 is 5.73 Å². The Labute approximate surface area is 111 Å². The molecule has 0 saturated carbocycles. The molecule has 1 unspecified atom stereocenters. The topological polar surface area (TPSA) is 63.1 Å². The molecule has 1 atom stereocenters. The number of carbonyl (C=O) groups is 1. The van der Waals surface area contributed by atoms with Crippen LogP contribution >= 0.6 is 11.6 Å². The Bertz CT molecular complexity index is 519. The van der Waals surface area contributed by atoms with Crippen LogP contribution in [0.3, 0.4) is 0 Å². The third-order valence-electron chi connectivity index (χ3n) is 2.15. The van der Waals surface area contributed by atoms with Crippen LogP contribution in [0.15, 0.2) is 29.3 Å². The van der Waals surface area contributed by atoms with Gasteiger partial charge in [0, 0.05) is 19.1 Å². The Morgan fingerprint density at radius 2 is 2.22 bits per heavy atom. The molecular weight excluding hydrogens is 252 g/mol. The predicted molar refractivity (Wildman–Crippen MR) is 71.8 cm³/mol. The van der Waals surface area contributed by atoms with Crippen molar-refractivity contribution in [1.29, 1.82) is 0 Å². The van der Waals surface area contributed by atoms with Crippen LogP contribution in [0.4, 0.5) is 5.69 Å². The van der Waals surface area contributed by atoms with Crippen LogP contribution in [0.25, 0.3) is 4.85 Å². The van der Waals surface area contributed by atoms with Gasteiger partial charge in [0.15, 0.2) is 5.84 Å². The van der Waals surface area contributed by atoms with Gasteiger partial charge in [-0.05, 0) is 18.2 Å². The second kappa shape index (κ2) is 6.03. The molecule has 18 heavy (non-hydrogen) atoms. The van der Waals surface area contributed by atoms with Crippen molar-refractivity contribution in [1.82, 2.24) is 4.90 Å². The Morgan fingerprint density at radius 3 is 2.67 bits per heavy atom. The van der Waals surface area contributed by atoms with Crippen LogP contribution in [-0.2, 0) is 4.79 Å². The largest absolute Gasteiger partial charge is 0.362 e. The van der Waals surface area contributed by atoms with Crippen LogP contribution in [0.1, 0.15) is 0 Å². The third kappa shape index (κ3) is 3.47. The Hall–Kier alpha value is -2.06. The van der Waals surface area contributed by atoms with Crippen molar-refractivity contribution >= 4 is 29.0 Å². The van der Waals surface area contributed by atoms with Crippen molar-refractivity contribution in [3.63, 3.8) is 0 Å². The Balaban J connectivity index is 3.21. The molecule has 1 aromatic carbocycles. The van der Waals surface area contributed by atoms with Crippen molar-refractivity contribution in [2.45, 2.75) is 6.04 Å². The van der Waals surface area contributed by atoms with Crippen molar-refractivity contribution < 1.29 is 4.79 Å². The molecule has 0 aliphatic heterocycles. The molecule has 0 saturated heterocycles. The van der Waals surface area contributed by atoms with E-state index >= 15 is 0 Å². The summed E-state index contributed by atoms with van der Waals surface area (Å²) < 4.78 is 0. The van der Waals surface area contributed by atoms with Gasteiger partial charge in [-0.3, -0.25) is 9.64 Å². The number of amidine groups is 1. The molecular formula is C12H13ClN4O. The lowest BCUT2D eigenvalue weighted by molar-refractivity contribution is -0.117. The summed E-state index contributed by atoms with van der Waals surface area (Å²) in [4.78, 5) is 20.3. The molecule has 0 fully saturated rings. The first-order chi connectivity index (χ1) is 8.45. The highest BCUT2D eigenvalue weighted by atomic mass is 35.5. The molecule has 0 spiro atoms. The molecule has 0 heterocycles. The summed E-state index contributed by atoms with van der Waals surface area (Å²) in [5.74, 6) is -0.431. The predicted octanol–water partition coefficient (Wildman–Crippen LogP) is 1.70. The van der Waals surface area contributed by atoms with Gasteiger partial charge in [0.1, 0.15) is 0 Å². The van der Waals surface area contributed by atoms with Crippen LogP contribution in [0, 0.1) is 6.57 Å². The fourth-order valence-corrected chi connectivity index (χ4v) is 1.52. The van der Waals surface area contributed by atoms with Crippen LogP contribution in [-0.4, -0.2) is 36.8 Å². The molecule has 0 aliphatic rings. The van der Waals surface area contributed by atoms with E-state index in [1.807, 2.05) is 0 Å². The number of hydrogen-bond acceptors (Lipinski definition) is 2. The van der Waals surface area contributed by atoms with E-state index in [0.29, 0.717) is 16.5 Å². The van der Waals surface area contributed by atoms with E-state index < -0.39 is 11.9 Å². The Kier molecular flexibility index (Phi) is 4.69. The molecule has 0 aromatic heterocycles. The number of nitrogens with zero attached hydrogens (tertiary/aromatic N) is 3. The maximum Gasteiger partial charge on any atom is 0.356 e. The van der Waals surface area contributed by atoms with Gasteiger partial charge in [-0.2, -0.15) is 0 Å². The van der Waals surface area contributed by atoms with Gasteiger partial charge in [0.25, 0.3) is 0 Å². The molecule has 1 amide bonds. The number of benzene rings is 1. The molecule has 5 nitrogen and oxygen atoms in total. The molecule has 94 valence electrons. The van der Waals surface area contributed by atoms with E-state index in [2.05, 4.69) is 9.84 Å². The first-order valence-electron chi connectivity index (χ1n) is 5.13. The van der Waals surface area contributed by atoms with Gasteiger partial charge in [0.05, 0.1) is 5.69 Å². The normalized spacial score (nSPS) is 12.7. The summed E-state index contributed by atoms with van der Waals surface area (Å²) in [7, 11) is 3.40. The SMILES string of the molecule is [C-]#[N+]C(C(N)=O)C(=Nc1cccc(Cl)c1)N(C)C. The highest BCUT2D eigenvalue weighted by Crippen LogP contribution is 2.19. The van der Waals surface area contributed by atoms with Gasteiger partial charge in [-0.25, -0.2) is 11.6 Å². The summed E-state index contributed by atoms with van der Waals surface area (Å²) in [6, 6.07) is 5.74. The number of nitrogens with two attached hydrogens (primary N) is 1. The summed E-state index contributed by atoms with van der Waals surface area (Å²) in [5, 5.41) is 0.535. The number of likely N-dealkylation sites (N-methyl/N-ethyl adjacent to an activating group) is 1. The van der Waals surface area contributed by atoms with Gasteiger partial charge >= 0.3 is 11.9 Å². The van der Waals surface area contributed by atoms with E-state index in [9.17, 15) is 4.79 Å². The first-order valence-corrected chi connectivity index (χ1v) is 5.51. The minimum absolute atomic E-state index is 0.291. The zero-order chi connectivity index (χ0) is 13.7. The maximum absolute atomic E-state index is 11.2. The highest BCUT2D eigenvalue weighted by molar-refractivity contribution is 6.30. The number of rotatable bonds is 3. The minimum Gasteiger partial charge on any atom is -0.362 e. The van der Waals surface area contributed by atoms with Crippen molar-refractivity contribution in [2.24, 2.45) is 10.7 Å². The summed E-state index contributed by atoms with van der Waals surface area (Å²) in [6.07, 6.45) is 0. The van der Waals surface area contributed by atoms with Crippen LogP contribution in [0.5, 0.6) is 0 Å². The molecule has 1 rings (SSSR count). The number of aliphatic imine (C=N–C) groups is 1. The zero-order valence-electron chi connectivity index (χ0n) is 10.1. The van der Waals surface area contributed by atoms with E-state index in [-0.39, 0.29) is 0 Å². The van der Waals surface area contributed by atoms with E-state index in [1.165, 1.54) is 0 Å². The van der Waals surface area contributed by atoms with E-state index in [0.717, 1.165) is 0 Å². The van der Waals surface area contributed by atoms with Gasteiger partial charge in [-0.15, -0.1) is 0 Å². The third-order valence-corrected chi connectivity index (χ3v) is 2.39.